The molecule has 0 aliphatic rings. The van der Waals surface area contributed by atoms with E-state index in [1.54, 1.807) is 12.1 Å². The number of nitrogens with zero attached hydrogens (tertiary/aromatic N) is 4. The molecule has 0 aliphatic carbocycles. The zero-order valence-corrected chi connectivity index (χ0v) is 20.7. The van der Waals surface area contributed by atoms with E-state index in [-0.39, 0.29) is 29.6 Å². The molecule has 0 radical (unpaired) electrons. The molecule has 1 N–H and O–H groups in total. The third kappa shape index (κ3) is 5.96. The van der Waals surface area contributed by atoms with E-state index in [1.165, 1.54) is 23.9 Å². The van der Waals surface area contributed by atoms with Gasteiger partial charge < -0.3 is 5.32 Å². The van der Waals surface area contributed by atoms with Crippen LogP contribution in [0.3, 0.4) is 0 Å². The Balaban J connectivity index is 1.56. The van der Waals surface area contributed by atoms with E-state index >= 15 is 0 Å². The van der Waals surface area contributed by atoms with Crippen molar-refractivity contribution in [1.82, 2.24) is 25.0 Å². The van der Waals surface area contributed by atoms with Gasteiger partial charge in [0.25, 0.3) is 0 Å². The van der Waals surface area contributed by atoms with E-state index in [4.69, 9.17) is 0 Å². The maximum atomic E-state index is 13.6. The van der Waals surface area contributed by atoms with Gasteiger partial charge in [-0.25, -0.2) is 4.39 Å². The Morgan fingerprint density at radius 1 is 0.943 bits per heavy atom. The van der Waals surface area contributed by atoms with E-state index in [2.05, 4.69) is 15.5 Å². The molecule has 0 bridgehead atoms. The third-order valence-corrected chi connectivity index (χ3v) is 6.72. The molecule has 0 fully saturated rings. The normalized spacial score (nSPS) is 12.2. The lowest BCUT2D eigenvalue weighted by Gasteiger charge is -2.21. The van der Waals surface area contributed by atoms with Crippen LogP contribution < -0.4 is 5.32 Å². The lowest BCUT2D eigenvalue weighted by molar-refractivity contribution is -0.119. The summed E-state index contributed by atoms with van der Waals surface area (Å²) in [6.45, 7) is 2.02. The van der Waals surface area contributed by atoms with Gasteiger partial charge in [0.1, 0.15) is 5.82 Å². The van der Waals surface area contributed by atoms with Crippen molar-refractivity contribution in [3.63, 3.8) is 0 Å². The highest BCUT2D eigenvalue weighted by Gasteiger charge is 2.22. The number of nitrogens with one attached hydrogen (secondary N) is 1. The highest BCUT2D eigenvalue weighted by Crippen LogP contribution is 2.27. The van der Waals surface area contributed by atoms with Crippen LogP contribution in [-0.2, 0) is 4.79 Å². The van der Waals surface area contributed by atoms with Crippen LogP contribution in [0, 0.1) is 5.82 Å². The van der Waals surface area contributed by atoms with Crippen molar-refractivity contribution < 1.29 is 9.18 Å². The monoisotopic (exact) mass is 489 g/mol. The zero-order chi connectivity index (χ0) is 24.8. The number of aromatic nitrogens is 3. The highest BCUT2D eigenvalue weighted by atomic mass is 32.2. The maximum Gasteiger partial charge on any atom is 0.231 e. The van der Waals surface area contributed by atoms with Gasteiger partial charge in [0.15, 0.2) is 11.0 Å². The van der Waals surface area contributed by atoms with Crippen LogP contribution in [0.1, 0.15) is 36.0 Å². The number of benzene rings is 3. The first kappa shape index (κ1) is 24.6. The third-order valence-electron chi connectivity index (χ3n) is 5.79. The van der Waals surface area contributed by atoms with Crippen molar-refractivity contribution in [1.29, 1.82) is 0 Å². The van der Waals surface area contributed by atoms with E-state index in [1.807, 2.05) is 91.1 Å². The Morgan fingerprint density at radius 3 is 2.06 bits per heavy atom. The molecule has 4 aromatic rings. The lowest BCUT2D eigenvalue weighted by Crippen LogP contribution is -2.30. The number of hydrogen-bond donors (Lipinski definition) is 1. The second-order valence-corrected chi connectivity index (χ2v) is 9.35. The molecule has 0 saturated carbocycles. The van der Waals surface area contributed by atoms with Crippen molar-refractivity contribution in [2.45, 2.75) is 24.2 Å². The van der Waals surface area contributed by atoms with E-state index in [9.17, 15) is 9.18 Å². The van der Waals surface area contributed by atoms with Crippen LogP contribution >= 0.6 is 11.8 Å². The van der Waals surface area contributed by atoms with Crippen molar-refractivity contribution in [2.24, 2.45) is 0 Å². The molecule has 1 aromatic heterocycles. The summed E-state index contributed by atoms with van der Waals surface area (Å²) >= 11 is 1.30. The van der Waals surface area contributed by atoms with E-state index in [0.29, 0.717) is 5.16 Å². The first-order valence-electron chi connectivity index (χ1n) is 11.3. The van der Waals surface area contributed by atoms with Crippen LogP contribution in [0.5, 0.6) is 0 Å². The standard InChI is InChI=1S/C27H28FN5OS/c1-19(32(2)3)26-30-31-27(33(26)23-16-14-22(28)15-17-23)35-18-24(34)29-25(20-10-6-4-7-11-20)21-12-8-5-9-13-21/h4-17,19,25H,18H2,1-3H3,(H,29,34). The molecule has 35 heavy (non-hydrogen) atoms. The van der Waals surface area contributed by atoms with Crippen LogP contribution in [0.25, 0.3) is 5.69 Å². The van der Waals surface area contributed by atoms with Gasteiger partial charge in [0.05, 0.1) is 17.8 Å². The summed E-state index contributed by atoms with van der Waals surface area (Å²) in [6.07, 6.45) is 0. The van der Waals surface area contributed by atoms with Gasteiger partial charge >= 0.3 is 0 Å². The molecule has 3 aromatic carbocycles. The summed E-state index contributed by atoms with van der Waals surface area (Å²) in [4.78, 5) is 15.1. The summed E-state index contributed by atoms with van der Waals surface area (Å²) in [6, 6.07) is 25.7. The topological polar surface area (TPSA) is 63.1 Å². The number of amides is 1. The quantitative estimate of drug-likeness (QED) is 0.334. The van der Waals surface area contributed by atoms with Crippen LogP contribution in [-0.4, -0.2) is 45.4 Å². The molecule has 4 rings (SSSR count). The Bertz CT molecular complexity index is 1210. The fraction of sp³-hybridized carbons (Fsp3) is 0.222. The second-order valence-electron chi connectivity index (χ2n) is 8.40. The molecule has 0 saturated heterocycles. The lowest BCUT2D eigenvalue weighted by atomic mass is 9.99. The first-order chi connectivity index (χ1) is 16.9. The Kier molecular flexibility index (Phi) is 7.94. The van der Waals surface area contributed by atoms with Crippen molar-refractivity contribution in [3.05, 3.63) is 108 Å². The number of thioether (sulfide) groups is 1. The van der Waals surface area contributed by atoms with E-state index < -0.39 is 0 Å². The minimum atomic E-state index is -0.314. The van der Waals surface area contributed by atoms with Gasteiger partial charge in [-0.15, -0.1) is 10.2 Å². The van der Waals surface area contributed by atoms with Gasteiger partial charge in [0.2, 0.25) is 5.91 Å². The molecule has 6 nitrogen and oxygen atoms in total. The number of rotatable bonds is 9. The molecule has 0 spiro atoms. The Hall–Kier alpha value is -3.49. The molecule has 0 aliphatic heterocycles. The Morgan fingerprint density at radius 2 is 1.51 bits per heavy atom. The largest absolute Gasteiger partial charge is 0.344 e. The van der Waals surface area contributed by atoms with Crippen molar-refractivity contribution in [3.8, 4) is 5.69 Å². The molecule has 1 amide bonds. The predicted octanol–water partition coefficient (Wildman–Crippen LogP) is 5.03. The van der Waals surface area contributed by atoms with Gasteiger partial charge in [-0.05, 0) is 56.4 Å². The molecule has 1 heterocycles. The van der Waals surface area contributed by atoms with Crippen molar-refractivity contribution in [2.75, 3.05) is 19.8 Å². The highest BCUT2D eigenvalue weighted by molar-refractivity contribution is 7.99. The molecule has 180 valence electrons. The summed E-state index contributed by atoms with van der Waals surface area (Å²) in [5.74, 6) is 0.441. The number of carbonyl (C=O) groups is 1. The molecular weight excluding hydrogens is 461 g/mol. The van der Waals surface area contributed by atoms with Crippen molar-refractivity contribution >= 4 is 17.7 Å². The zero-order valence-electron chi connectivity index (χ0n) is 19.9. The second kappa shape index (κ2) is 11.3. The first-order valence-corrected chi connectivity index (χ1v) is 12.3. The molecule has 1 unspecified atom stereocenters. The Labute approximate surface area is 209 Å². The number of carbonyl (C=O) groups excluding carboxylic acids is 1. The van der Waals surface area contributed by atoms with Crippen LogP contribution in [0.2, 0.25) is 0 Å². The van der Waals surface area contributed by atoms with Crippen LogP contribution in [0.15, 0.2) is 90.1 Å². The van der Waals surface area contributed by atoms with Gasteiger partial charge in [-0.1, -0.05) is 72.4 Å². The van der Waals surface area contributed by atoms with Crippen LogP contribution in [0.4, 0.5) is 4.39 Å². The summed E-state index contributed by atoms with van der Waals surface area (Å²) in [7, 11) is 3.92. The fourth-order valence-corrected chi connectivity index (χ4v) is 4.46. The fourth-order valence-electron chi connectivity index (χ4n) is 3.69. The van der Waals surface area contributed by atoms with Gasteiger partial charge in [0, 0.05) is 5.69 Å². The minimum Gasteiger partial charge on any atom is -0.344 e. The summed E-state index contributed by atoms with van der Waals surface area (Å²) < 4.78 is 15.4. The summed E-state index contributed by atoms with van der Waals surface area (Å²) in [5.41, 5.74) is 2.76. The van der Waals surface area contributed by atoms with Gasteiger partial charge in [-0.2, -0.15) is 0 Å². The minimum absolute atomic E-state index is 0.0312. The summed E-state index contributed by atoms with van der Waals surface area (Å²) in [5, 5.41) is 12.5. The average Bonchev–Trinajstić information content (AvgIpc) is 3.31. The SMILES string of the molecule is CC(c1nnc(SCC(=O)NC(c2ccccc2)c2ccccc2)n1-c1ccc(F)cc1)N(C)C. The molecule has 1 atom stereocenters. The smallest absolute Gasteiger partial charge is 0.231 e. The average molecular weight is 490 g/mol. The predicted molar refractivity (Wildman–Crippen MR) is 137 cm³/mol. The number of halogens is 1. The molecular formula is C27H28FN5OS. The number of hydrogen-bond acceptors (Lipinski definition) is 5. The molecule has 8 heteroatoms. The van der Waals surface area contributed by atoms with E-state index in [0.717, 1.165) is 22.6 Å². The maximum absolute atomic E-state index is 13.6. The van der Waals surface area contributed by atoms with Gasteiger partial charge in [-0.3, -0.25) is 14.3 Å².